The van der Waals surface area contributed by atoms with Gasteiger partial charge in [0.05, 0.1) is 0 Å². The van der Waals surface area contributed by atoms with Crippen molar-refractivity contribution < 1.29 is 0 Å². The summed E-state index contributed by atoms with van der Waals surface area (Å²) in [7, 11) is 0. The summed E-state index contributed by atoms with van der Waals surface area (Å²) in [6.07, 6.45) is 9.06. The molecule has 2 aromatic rings. The van der Waals surface area contributed by atoms with E-state index in [4.69, 9.17) is 0 Å². The fourth-order valence-electron chi connectivity index (χ4n) is 3.63. The molecule has 0 radical (unpaired) electrons. The van der Waals surface area contributed by atoms with Gasteiger partial charge in [-0.3, -0.25) is 4.90 Å². The summed E-state index contributed by atoms with van der Waals surface area (Å²) in [5.41, 5.74) is 2.72. The molecule has 1 unspecified atom stereocenters. The topological polar surface area (TPSA) is 31.1 Å². The zero-order chi connectivity index (χ0) is 14.1. The number of H-pyrrole nitrogens is 1. The first kappa shape index (κ1) is 13.4. The number of fused-ring (bicyclic) bond motifs is 1. The molecular formula is C18H25N3. The van der Waals surface area contributed by atoms with Crippen molar-refractivity contribution in [2.24, 2.45) is 0 Å². The molecule has 1 aliphatic carbocycles. The first-order valence-corrected chi connectivity index (χ1v) is 8.42. The highest BCUT2D eigenvalue weighted by Gasteiger charge is 2.31. The van der Waals surface area contributed by atoms with Gasteiger partial charge >= 0.3 is 0 Å². The minimum Gasteiger partial charge on any atom is -0.361 e. The first-order chi connectivity index (χ1) is 10.4. The van der Waals surface area contributed by atoms with Crippen LogP contribution in [-0.4, -0.2) is 35.1 Å². The number of nitrogens with one attached hydrogen (secondary N) is 2. The van der Waals surface area contributed by atoms with Crippen molar-refractivity contribution >= 4 is 10.9 Å². The molecule has 0 amide bonds. The Kier molecular flexibility index (Phi) is 3.70. The van der Waals surface area contributed by atoms with Crippen LogP contribution >= 0.6 is 0 Å². The van der Waals surface area contributed by atoms with Gasteiger partial charge < -0.3 is 10.3 Å². The Morgan fingerprint density at radius 1 is 1.10 bits per heavy atom. The summed E-state index contributed by atoms with van der Waals surface area (Å²) in [5.74, 6) is 0. The van der Waals surface area contributed by atoms with Crippen molar-refractivity contribution in [1.29, 1.82) is 0 Å². The smallest absolute Gasteiger partial charge is 0.0457 e. The third kappa shape index (κ3) is 2.99. The number of hydrogen-bond donors (Lipinski definition) is 2. The van der Waals surface area contributed by atoms with Gasteiger partial charge in [-0.25, -0.2) is 0 Å². The lowest BCUT2D eigenvalue weighted by atomic mass is 10.0. The molecule has 0 bridgehead atoms. The van der Waals surface area contributed by atoms with Crippen LogP contribution in [0.1, 0.15) is 37.7 Å². The molecule has 4 rings (SSSR count). The lowest BCUT2D eigenvalue weighted by molar-refractivity contribution is 0.209. The SMILES string of the molecule is c1ccc2c(CN(CC3CCCCN3)C3CC3)c[nH]c2c1. The number of hydrogen-bond acceptors (Lipinski definition) is 2. The van der Waals surface area contributed by atoms with Crippen LogP contribution < -0.4 is 5.32 Å². The van der Waals surface area contributed by atoms with Gasteiger partial charge in [-0.2, -0.15) is 0 Å². The van der Waals surface area contributed by atoms with E-state index in [0.717, 1.165) is 12.6 Å². The first-order valence-electron chi connectivity index (χ1n) is 8.42. The minimum atomic E-state index is 0.699. The fourth-order valence-corrected chi connectivity index (χ4v) is 3.63. The highest BCUT2D eigenvalue weighted by atomic mass is 15.2. The van der Waals surface area contributed by atoms with Crippen molar-refractivity contribution in [2.75, 3.05) is 13.1 Å². The molecule has 1 aromatic carbocycles. The monoisotopic (exact) mass is 283 g/mol. The zero-order valence-electron chi connectivity index (χ0n) is 12.6. The van der Waals surface area contributed by atoms with E-state index in [1.807, 2.05) is 0 Å². The van der Waals surface area contributed by atoms with Crippen LogP contribution in [0.25, 0.3) is 10.9 Å². The number of aromatic amines is 1. The van der Waals surface area contributed by atoms with Gasteiger partial charge in [0.1, 0.15) is 0 Å². The van der Waals surface area contributed by atoms with Crippen molar-refractivity contribution in [3.63, 3.8) is 0 Å². The van der Waals surface area contributed by atoms with Crippen LogP contribution in [0.4, 0.5) is 0 Å². The molecule has 112 valence electrons. The largest absolute Gasteiger partial charge is 0.361 e. The van der Waals surface area contributed by atoms with E-state index in [0.29, 0.717) is 6.04 Å². The molecule has 2 fully saturated rings. The molecule has 2 heterocycles. The predicted molar refractivity (Wildman–Crippen MR) is 87.4 cm³/mol. The molecule has 0 spiro atoms. The Labute approximate surface area is 126 Å². The average molecular weight is 283 g/mol. The lowest BCUT2D eigenvalue weighted by Gasteiger charge is -2.30. The van der Waals surface area contributed by atoms with Crippen molar-refractivity contribution in [3.8, 4) is 0 Å². The number of para-hydroxylation sites is 1. The average Bonchev–Trinajstić information content (AvgIpc) is 3.30. The van der Waals surface area contributed by atoms with Gasteiger partial charge in [0.25, 0.3) is 0 Å². The summed E-state index contributed by atoms with van der Waals surface area (Å²) in [5, 5.41) is 5.09. The summed E-state index contributed by atoms with van der Waals surface area (Å²) in [4.78, 5) is 6.12. The third-order valence-electron chi connectivity index (χ3n) is 4.98. The van der Waals surface area contributed by atoms with E-state index in [1.165, 1.54) is 61.7 Å². The van der Waals surface area contributed by atoms with Crippen LogP contribution in [0.2, 0.25) is 0 Å². The van der Waals surface area contributed by atoms with E-state index in [-0.39, 0.29) is 0 Å². The summed E-state index contributed by atoms with van der Waals surface area (Å²) in [6.45, 7) is 3.51. The van der Waals surface area contributed by atoms with E-state index in [9.17, 15) is 0 Å². The maximum atomic E-state index is 3.70. The molecule has 2 N–H and O–H groups in total. The summed E-state index contributed by atoms with van der Waals surface area (Å²) < 4.78 is 0. The second-order valence-corrected chi connectivity index (χ2v) is 6.67. The van der Waals surface area contributed by atoms with Crippen LogP contribution in [0, 0.1) is 0 Å². The molecule has 2 aliphatic rings. The predicted octanol–water partition coefficient (Wildman–Crippen LogP) is 3.27. The third-order valence-corrected chi connectivity index (χ3v) is 4.98. The van der Waals surface area contributed by atoms with Crippen LogP contribution in [-0.2, 0) is 6.54 Å². The number of aromatic nitrogens is 1. The second-order valence-electron chi connectivity index (χ2n) is 6.67. The van der Waals surface area contributed by atoms with Gasteiger partial charge in [-0.15, -0.1) is 0 Å². The summed E-state index contributed by atoms with van der Waals surface area (Å²) >= 11 is 0. The standard InChI is InChI=1S/C18H25N3/c1-2-7-18-17(6-1)14(11-20-18)12-21(16-8-9-16)13-15-5-3-4-10-19-15/h1-2,6-7,11,15-16,19-20H,3-5,8-10,12-13H2. The Hall–Kier alpha value is -1.32. The van der Waals surface area contributed by atoms with Gasteiger partial charge in [-0.05, 0) is 43.9 Å². The minimum absolute atomic E-state index is 0.699. The number of nitrogens with zero attached hydrogens (tertiary/aromatic N) is 1. The van der Waals surface area contributed by atoms with E-state index >= 15 is 0 Å². The number of piperidine rings is 1. The molecule has 21 heavy (non-hydrogen) atoms. The Balaban J connectivity index is 1.49. The molecule has 1 aliphatic heterocycles. The summed E-state index contributed by atoms with van der Waals surface area (Å²) in [6, 6.07) is 10.2. The number of benzene rings is 1. The van der Waals surface area contributed by atoms with Crippen LogP contribution in [0.5, 0.6) is 0 Å². The molecule has 1 atom stereocenters. The van der Waals surface area contributed by atoms with Gasteiger partial charge in [0, 0.05) is 42.3 Å². The maximum Gasteiger partial charge on any atom is 0.0457 e. The van der Waals surface area contributed by atoms with Crippen LogP contribution in [0.3, 0.4) is 0 Å². The Morgan fingerprint density at radius 3 is 2.81 bits per heavy atom. The second kappa shape index (κ2) is 5.82. The lowest BCUT2D eigenvalue weighted by Crippen LogP contribution is -2.44. The van der Waals surface area contributed by atoms with E-state index in [1.54, 1.807) is 0 Å². The van der Waals surface area contributed by atoms with Crippen molar-refractivity contribution in [1.82, 2.24) is 15.2 Å². The number of rotatable bonds is 5. The zero-order valence-corrected chi connectivity index (χ0v) is 12.6. The molecule has 1 saturated carbocycles. The van der Waals surface area contributed by atoms with Gasteiger partial charge in [0.2, 0.25) is 0 Å². The maximum absolute atomic E-state index is 3.70. The normalized spacial score (nSPS) is 23.0. The highest BCUT2D eigenvalue weighted by molar-refractivity contribution is 5.82. The Morgan fingerprint density at radius 2 is 2.00 bits per heavy atom. The van der Waals surface area contributed by atoms with Crippen molar-refractivity contribution in [2.45, 2.75) is 50.7 Å². The fraction of sp³-hybridized carbons (Fsp3) is 0.556. The molecule has 1 saturated heterocycles. The quantitative estimate of drug-likeness (QED) is 0.882. The Bertz CT molecular complexity index is 593. The highest BCUT2D eigenvalue weighted by Crippen LogP contribution is 2.30. The van der Waals surface area contributed by atoms with E-state index in [2.05, 4.69) is 45.7 Å². The molecule has 3 nitrogen and oxygen atoms in total. The van der Waals surface area contributed by atoms with Crippen LogP contribution in [0.15, 0.2) is 30.5 Å². The van der Waals surface area contributed by atoms with Gasteiger partial charge in [-0.1, -0.05) is 24.6 Å². The van der Waals surface area contributed by atoms with E-state index < -0.39 is 0 Å². The van der Waals surface area contributed by atoms with Crippen molar-refractivity contribution in [3.05, 3.63) is 36.0 Å². The van der Waals surface area contributed by atoms with Gasteiger partial charge in [0.15, 0.2) is 0 Å². The molecular weight excluding hydrogens is 258 g/mol. The molecule has 3 heteroatoms. The molecule has 1 aromatic heterocycles.